The molecule has 1 heterocycles. The lowest BCUT2D eigenvalue weighted by molar-refractivity contribution is -0.142. The molecule has 1 saturated heterocycles. The van der Waals surface area contributed by atoms with Gasteiger partial charge < -0.3 is 9.84 Å². The number of nitrogens with zero attached hydrogens (tertiary/aromatic N) is 1. The molecular weight excluding hydrogens is 234 g/mol. The molecule has 0 radical (unpaired) electrons. The van der Waals surface area contributed by atoms with Gasteiger partial charge in [-0.1, -0.05) is 6.08 Å². The molecule has 5 nitrogen and oxygen atoms in total. The maximum absolute atomic E-state index is 11.9. The van der Waals surface area contributed by atoms with Gasteiger partial charge >= 0.3 is 12.1 Å². The Kier molecular flexibility index (Phi) is 4.38. The number of carbonyl (C=O) groups excluding carboxylic acids is 1. The summed E-state index contributed by atoms with van der Waals surface area (Å²) in [5.74, 6) is -0.830. The number of likely N-dealkylation sites (tertiary alicyclic amines) is 1. The summed E-state index contributed by atoms with van der Waals surface area (Å²) >= 11 is 0. The lowest BCUT2D eigenvalue weighted by Crippen LogP contribution is -2.43. The van der Waals surface area contributed by atoms with Crippen molar-refractivity contribution in [1.29, 1.82) is 0 Å². The molecule has 2 atom stereocenters. The van der Waals surface area contributed by atoms with Crippen LogP contribution in [-0.2, 0) is 9.53 Å². The monoisotopic (exact) mass is 255 g/mol. The Morgan fingerprint density at radius 1 is 1.50 bits per heavy atom. The van der Waals surface area contributed by atoms with E-state index in [1.807, 2.05) is 0 Å². The topological polar surface area (TPSA) is 66.8 Å². The summed E-state index contributed by atoms with van der Waals surface area (Å²) in [6, 6.07) is -0.787. The van der Waals surface area contributed by atoms with Crippen molar-refractivity contribution >= 4 is 12.1 Å². The van der Waals surface area contributed by atoms with E-state index in [2.05, 4.69) is 6.58 Å². The maximum atomic E-state index is 11.9. The number of carboxylic acids is 1. The lowest BCUT2D eigenvalue weighted by Gasteiger charge is -2.26. The second-order valence-corrected chi connectivity index (χ2v) is 5.61. The van der Waals surface area contributed by atoms with Crippen molar-refractivity contribution < 1.29 is 19.4 Å². The molecule has 1 rings (SSSR count). The quantitative estimate of drug-likeness (QED) is 0.786. The first-order valence-electron chi connectivity index (χ1n) is 6.08. The number of aliphatic carboxylic acids is 1. The zero-order valence-electron chi connectivity index (χ0n) is 11.2. The van der Waals surface area contributed by atoms with Crippen molar-refractivity contribution in [3.05, 3.63) is 12.7 Å². The van der Waals surface area contributed by atoms with E-state index in [0.29, 0.717) is 19.4 Å². The fourth-order valence-corrected chi connectivity index (χ4v) is 2.09. The van der Waals surface area contributed by atoms with Crippen LogP contribution in [0.2, 0.25) is 0 Å². The van der Waals surface area contributed by atoms with Gasteiger partial charge in [0.1, 0.15) is 11.6 Å². The van der Waals surface area contributed by atoms with Crippen LogP contribution < -0.4 is 0 Å². The van der Waals surface area contributed by atoms with E-state index < -0.39 is 23.7 Å². The highest BCUT2D eigenvalue weighted by Crippen LogP contribution is 2.27. The van der Waals surface area contributed by atoms with E-state index in [1.165, 1.54) is 4.90 Å². The van der Waals surface area contributed by atoms with Crippen LogP contribution in [0.15, 0.2) is 12.7 Å². The zero-order valence-corrected chi connectivity index (χ0v) is 11.2. The van der Waals surface area contributed by atoms with Gasteiger partial charge in [-0.15, -0.1) is 6.58 Å². The molecule has 1 amide bonds. The van der Waals surface area contributed by atoms with Crippen LogP contribution in [0, 0.1) is 5.92 Å². The van der Waals surface area contributed by atoms with Crippen LogP contribution in [0.25, 0.3) is 0 Å². The molecular formula is C13H21NO4. The Labute approximate surface area is 107 Å². The zero-order chi connectivity index (χ0) is 13.9. The third-order valence-electron chi connectivity index (χ3n) is 2.80. The number of carbonyl (C=O) groups is 2. The highest BCUT2D eigenvalue weighted by molar-refractivity contribution is 5.81. The number of allylic oxidation sites excluding steroid dienone is 1. The van der Waals surface area contributed by atoms with Crippen LogP contribution >= 0.6 is 0 Å². The van der Waals surface area contributed by atoms with Crippen molar-refractivity contribution in [3.63, 3.8) is 0 Å². The maximum Gasteiger partial charge on any atom is 0.411 e. The Balaban J connectivity index is 2.75. The molecule has 0 bridgehead atoms. The number of ether oxygens (including phenoxy) is 1. The molecule has 1 aliphatic heterocycles. The molecule has 0 aliphatic carbocycles. The second-order valence-electron chi connectivity index (χ2n) is 5.61. The number of hydrogen-bond donors (Lipinski definition) is 1. The largest absolute Gasteiger partial charge is 0.480 e. The lowest BCUT2D eigenvalue weighted by atomic mass is 10.0. The molecule has 1 unspecified atom stereocenters. The summed E-state index contributed by atoms with van der Waals surface area (Å²) in [6.45, 7) is 9.34. The summed E-state index contributed by atoms with van der Waals surface area (Å²) in [7, 11) is 0. The van der Waals surface area contributed by atoms with E-state index in [1.54, 1.807) is 26.8 Å². The highest BCUT2D eigenvalue weighted by atomic mass is 16.6. The molecule has 0 saturated carbocycles. The predicted molar refractivity (Wildman–Crippen MR) is 67.3 cm³/mol. The molecule has 1 fully saturated rings. The average molecular weight is 255 g/mol. The molecule has 0 spiro atoms. The van der Waals surface area contributed by atoms with Crippen molar-refractivity contribution in [2.24, 2.45) is 5.92 Å². The highest BCUT2D eigenvalue weighted by Gasteiger charge is 2.40. The number of carboxylic acid groups (broad SMARTS) is 1. The normalized spacial score (nSPS) is 23.8. The Hall–Kier alpha value is -1.52. The van der Waals surface area contributed by atoms with Crippen LogP contribution in [0.3, 0.4) is 0 Å². The summed E-state index contributed by atoms with van der Waals surface area (Å²) in [4.78, 5) is 24.4. The van der Waals surface area contributed by atoms with Gasteiger partial charge in [-0.05, 0) is 39.5 Å². The van der Waals surface area contributed by atoms with Crippen molar-refractivity contribution in [2.75, 3.05) is 6.54 Å². The minimum atomic E-state index is -0.979. The molecule has 0 aromatic carbocycles. The van der Waals surface area contributed by atoms with Crippen molar-refractivity contribution in [3.8, 4) is 0 Å². The summed E-state index contributed by atoms with van der Waals surface area (Å²) < 4.78 is 5.23. The van der Waals surface area contributed by atoms with Gasteiger partial charge in [0.15, 0.2) is 0 Å². The summed E-state index contributed by atoms with van der Waals surface area (Å²) in [5, 5.41) is 9.14. The number of amides is 1. The molecule has 0 aromatic heterocycles. The SMILES string of the molecule is C=CC[C@H]1CC(C(=O)O)N(C(=O)OC(C)(C)C)C1. The van der Waals surface area contributed by atoms with Gasteiger partial charge in [0.2, 0.25) is 0 Å². The first-order valence-corrected chi connectivity index (χ1v) is 6.08. The van der Waals surface area contributed by atoms with Crippen LogP contribution in [0.4, 0.5) is 4.79 Å². The van der Waals surface area contributed by atoms with Gasteiger partial charge in [-0.3, -0.25) is 4.90 Å². The molecule has 0 aromatic rings. The standard InChI is InChI=1S/C13H21NO4/c1-5-6-9-7-10(11(15)16)14(8-9)12(17)18-13(2,3)4/h5,9-10H,1,6-8H2,2-4H3,(H,15,16)/t9-,10?/m0/s1. The molecule has 5 heteroatoms. The fourth-order valence-electron chi connectivity index (χ4n) is 2.09. The van der Waals surface area contributed by atoms with Crippen LogP contribution in [0.5, 0.6) is 0 Å². The number of hydrogen-bond acceptors (Lipinski definition) is 3. The Morgan fingerprint density at radius 3 is 2.56 bits per heavy atom. The van der Waals surface area contributed by atoms with Crippen LogP contribution in [-0.4, -0.2) is 40.3 Å². The van der Waals surface area contributed by atoms with E-state index in [4.69, 9.17) is 9.84 Å². The van der Waals surface area contributed by atoms with Gasteiger partial charge in [0, 0.05) is 6.54 Å². The molecule has 1 aliphatic rings. The Morgan fingerprint density at radius 2 is 2.11 bits per heavy atom. The third kappa shape index (κ3) is 3.75. The first kappa shape index (κ1) is 14.5. The molecule has 102 valence electrons. The minimum absolute atomic E-state index is 0.149. The molecule has 18 heavy (non-hydrogen) atoms. The van der Waals surface area contributed by atoms with Crippen molar-refractivity contribution in [1.82, 2.24) is 4.90 Å². The predicted octanol–water partition coefficient (Wildman–Crippen LogP) is 2.27. The van der Waals surface area contributed by atoms with Gasteiger partial charge in [-0.2, -0.15) is 0 Å². The van der Waals surface area contributed by atoms with Gasteiger partial charge in [-0.25, -0.2) is 9.59 Å². The smallest absolute Gasteiger partial charge is 0.411 e. The fraction of sp³-hybridized carbons (Fsp3) is 0.692. The summed E-state index contributed by atoms with van der Waals surface area (Å²) in [6.07, 6.45) is 2.37. The van der Waals surface area contributed by atoms with E-state index >= 15 is 0 Å². The van der Waals surface area contributed by atoms with Crippen molar-refractivity contribution in [2.45, 2.75) is 45.3 Å². The second kappa shape index (κ2) is 5.42. The summed E-state index contributed by atoms with van der Waals surface area (Å²) in [5.41, 5.74) is -0.614. The van der Waals surface area contributed by atoms with E-state index in [0.717, 1.165) is 0 Å². The Bertz CT molecular complexity index is 345. The van der Waals surface area contributed by atoms with E-state index in [9.17, 15) is 9.59 Å². The first-order chi connectivity index (χ1) is 8.24. The number of rotatable bonds is 3. The third-order valence-corrected chi connectivity index (χ3v) is 2.80. The van der Waals surface area contributed by atoms with Crippen LogP contribution in [0.1, 0.15) is 33.6 Å². The molecule has 1 N–H and O–H groups in total. The van der Waals surface area contributed by atoms with E-state index in [-0.39, 0.29) is 5.92 Å². The minimum Gasteiger partial charge on any atom is -0.480 e. The van der Waals surface area contributed by atoms with Gasteiger partial charge in [0.05, 0.1) is 0 Å². The van der Waals surface area contributed by atoms with Gasteiger partial charge in [0.25, 0.3) is 0 Å². The average Bonchev–Trinajstić information content (AvgIpc) is 2.59.